The van der Waals surface area contributed by atoms with Crippen LogP contribution in [0, 0.1) is 0 Å². The molecule has 0 radical (unpaired) electrons. The first-order valence-corrected chi connectivity index (χ1v) is 10.6. The minimum absolute atomic E-state index is 0. The van der Waals surface area contributed by atoms with Crippen molar-refractivity contribution in [3.8, 4) is 11.1 Å². The molecule has 0 unspecified atom stereocenters. The third kappa shape index (κ3) is 4.73. The molecule has 5 rings (SSSR count). The summed E-state index contributed by atoms with van der Waals surface area (Å²) in [6.07, 6.45) is 4.01. The number of nitrogens with one attached hydrogen (secondary N) is 1. The van der Waals surface area contributed by atoms with Crippen molar-refractivity contribution >= 4 is 40.7 Å². The lowest BCUT2D eigenvalue weighted by Crippen LogP contribution is -2.27. The summed E-state index contributed by atoms with van der Waals surface area (Å²) in [5.41, 5.74) is 5.13. The van der Waals surface area contributed by atoms with Gasteiger partial charge in [-0.25, -0.2) is 9.97 Å². The van der Waals surface area contributed by atoms with Crippen molar-refractivity contribution in [3.63, 3.8) is 0 Å². The molecule has 0 atom stereocenters. The van der Waals surface area contributed by atoms with E-state index in [0.717, 1.165) is 39.1 Å². The van der Waals surface area contributed by atoms with E-state index in [9.17, 15) is 4.79 Å². The molecule has 1 heterocycles. The molecule has 0 saturated heterocycles. The number of fused-ring (bicyclic) bond motifs is 1. The minimum atomic E-state index is 0. The third-order valence-corrected chi connectivity index (χ3v) is 5.60. The summed E-state index contributed by atoms with van der Waals surface area (Å²) in [5.74, 6) is 0.924. The monoisotopic (exact) mass is 444 g/mol. The fourth-order valence-corrected chi connectivity index (χ4v) is 3.80. The van der Waals surface area contributed by atoms with Crippen molar-refractivity contribution in [3.05, 3.63) is 84.7 Å². The van der Waals surface area contributed by atoms with Crippen molar-refractivity contribution < 1.29 is 4.79 Å². The van der Waals surface area contributed by atoms with E-state index in [0.29, 0.717) is 12.6 Å². The Morgan fingerprint density at radius 1 is 0.969 bits per heavy atom. The van der Waals surface area contributed by atoms with Gasteiger partial charge in [0.15, 0.2) is 0 Å². The van der Waals surface area contributed by atoms with Crippen LogP contribution >= 0.6 is 12.4 Å². The third-order valence-electron chi connectivity index (χ3n) is 5.60. The molecule has 1 saturated carbocycles. The second-order valence-electron chi connectivity index (χ2n) is 8.01. The van der Waals surface area contributed by atoms with Gasteiger partial charge in [0.2, 0.25) is 5.91 Å². The Morgan fingerprint density at radius 2 is 1.75 bits per heavy atom. The van der Waals surface area contributed by atoms with Crippen LogP contribution in [0.3, 0.4) is 0 Å². The fraction of sp³-hybridized carbons (Fsp3) is 0.192. The van der Waals surface area contributed by atoms with E-state index in [1.54, 1.807) is 18.2 Å². The van der Waals surface area contributed by atoms with Gasteiger partial charge in [0, 0.05) is 24.0 Å². The van der Waals surface area contributed by atoms with Gasteiger partial charge >= 0.3 is 0 Å². The smallest absolute Gasteiger partial charge is 0.224 e. The zero-order valence-electron chi connectivity index (χ0n) is 17.9. The standard InChI is InChI=1S/C26H24N4O.ClH/c1-18(31)30(23-8-3-2-4-9-23)16-19-6-5-7-20(14-19)21-10-13-25-24(15-21)26(28-17-27-25)29-22-11-12-22;/h2-10,13-15,17,22H,11-12,16H2,1H3,(H,27,28,29);1H. The van der Waals surface area contributed by atoms with E-state index < -0.39 is 0 Å². The van der Waals surface area contributed by atoms with Gasteiger partial charge in [-0.05, 0) is 59.9 Å². The first-order valence-electron chi connectivity index (χ1n) is 10.6. The normalized spacial score (nSPS) is 12.8. The highest BCUT2D eigenvalue weighted by atomic mass is 35.5. The zero-order chi connectivity index (χ0) is 21.2. The number of hydrogen-bond acceptors (Lipinski definition) is 4. The summed E-state index contributed by atoms with van der Waals surface area (Å²) in [5, 5.41) is 4.54. The molecule has 1 aromatic heterocycles. The number of aromatic nitrogens is 2. The summed E-state index contributed by atoms with van der Waals surface area (Å²) >= 11 is 0. The SMILES string of the molecule is CC(=O)N(Cc1cccc(-c2ccc3ncnc(NC4CC4)c3c2)c1)c1ccccc1.Cl. The predicted molar refractivity (Wildman–Crippen MR) is 132 cm³/mol. The molecule has 1 aliphatic carbocycles. The number of halogens is 1. The minimum Gasteiger partial charge on any atom is -0.367 e. The van der Waals surface area contributed by atoms with Crippen molar-refractivity contribution in [1.82, 2.24) is 9.97 Å². The molecule has 4 aromatic rings. The van der Waals surface area contributed by atoms with E-state index >= 15 is 0 Å². The maximum atomic E-state index is 12.3. The Labute approximate surface area is 193 Å². The highest BCUT2D eigenvalue weighted by Gasteiger charge is 2.22. The largest absolute Gasteiger partial charge is 0.367 e. The summed E-state index contributed by atoms with van der Waals surface area (Å²) in [6, 6.07) is 25.0. The number of anilines is 2. The van der Waals surface area contributed by atoms with Crippen LogP contribution in [0.2, 0.25) is 0 Å². The molecule has 162 valence electrons. The van der Waals surface area contributed by atoms with Gasteiger partial charge in [-0.3, -0.25) is 4.79 Å². The lowest BCUT2D eigenvalue weighted by atomic mass is 10.0. The number of rotatable bonds is 6. The Bertz CT molecular complexity index is 1240. The van der Waals surface area contributed by atoms with E-state index in [2.05, 4.69) is 45.6 Å². The summed E-state index contributed by atoms with van der Waals surface area (Å²) < 4.78 is 0. The van der Waals surface area contributed by atoms with Gasteiger partial charge in [-0.2, -0.15) is 0 Å². The number of para-hydroxylation sites is 1. The fourth-order valence-electron chi connectivity index (χ4n) is 3.80. The molecule has 0 aliphatic heterocycles. The van der Waals surface area contributed by atoms with Crippen molar-refractivity contribution in [1.29, 1.82) is 0 Å². The Kier molecular flexibility index (Phi) is 6.37. The average Bonchev–Trinajstić information content (AvgIpc) is 3.62. The predicted octanol–water partition coefficient (Wildman–Crippen LogP) is 5.85. The van der Waals surface area contributed by atoms with Crippen LogP contribution in [-0.4, -0.2) is 21.9 Å². The topological polar surface area (TPSA) is 58.1 Å². The number of amides is 1. The van der Waals surface area contributed by atoms with E-state index in [4.69, 9.17) is 0 Å². The first-order chi connectivity index (χ1) is 15.2. The van der Waals surface area contributed by atoms with E-state index in [1.807, 2.05) is 42.5 Å². The van der Waals surface area contributed by atoms with Gasteiger partial charge in [0.25, 0.3) is 0 Å². The summed E-state index contributed by atoms with van der Waals surface area (Å²) in [7, 11) is 0. The van der Waals surface area contributed by atoms with Gasteiger partial charge in [-0.15, -0.1) is 12.4 Å². The second-order valence-corrected chi connectivity index (χ2v) is 8.01. The molecule has 0 bridgehead atoms. The molecule has 0 spiro atoms. The van der Waals surface area contributed by atoms with Crippen LogP contribution in [0.15, 0.2) is 79.1 Å². The first kappa shape index (κ1) is 21.8. The van der Waals surface area contributed by atoms with E-state index in [1.165, 1.54) is 12.8 Å². The Morgan fingerprint density at radius 3 is 2.50 bits per heavy atom. The molecule has 5 nitrogen and oxygen atoms in total. The van der Waals surface area contributed by atoms with Crippen molar-refractivity contribution in [2.45, 2.75) is 32.4 Å². The van der Waals surface area contributed by atoms with Crippen molar-refractivity contribution in [2.75, 3.05) is 10.2 Å². The summed E-state index contributed by atoms with van der Waals surface area (Å²) in [6.45, 7) is 2.13. The summed E-state index contributed by atoms with van der Waals surface area (Å²) in [4.78, 5) is 23.0. The van der Waals surface area contributed by atoms with Crippen molar-refractivity contribution in [2.24, 2.45) is 0 Å². The highest BCUT2D eigenvalue weighted by molar-refractivity contribution is 5.93. The van der Waals surface area contributed by atoms with Crippen LogP contribution in [0.4, 0.5) is 11.5 Å². The second kappa shape index (κ2) is 9.37. The Hall–Kier alpha value is -3.44. The Balaban J connectivity index is 0.00000245. The van der Waals surface area contributed by atoms with Crippen LogP contribution < -0.4 is 10.2 Å². The van der Waals surface area contributed by atoms with Crippen LogP contribution in [0.1, 0.15) is 25.3 Å². The zero-order valence-corrected chi connectivity index (χ0v) is 18.7. The number of carbonyl (C=O) groups excluding carboxylic acids is 1. The lowest BCUT2D eigenvalue weighted by Gasteiger charge is -2.21. The number of benzene rings is 3. The van der Waals surface area contributed by atoms with Crippen LogP contribution in [0.5, 0.6) is 0 Å². The molecule has 6 heteroatoms. The molecular weight excluding hydrogens is 420 g/mol. The number of hydrogen-bond donors (Lipinski definition) is 1. The maximum absolute atomic E-state index is 12.3. The number of nitrogens with zero attached hydrogens (tertiary/aromatic N) is 3. The molecule has 1 fully saturated rings. The lowest BCUT2D eigenvalue weighted by molar-refractivity contribution is -0.116. The molecule has 1 N–H and O–H groups in total. The molecule has 1 aliphatic rings. The van der Waals surface area contributed by atoms with Gasteiger partial charge in [0.1, 0.15) is 12.1 Å². The number of carbonyl (C=O) groups is 1. The van der Waals surface area contributed by atoms with Gasteiger partial charge in [0.05, 0.1) is 12.1 Å². The van der Waals surface area contributed by atoms with Gasteiger partial charge < -0.3 is 10.2 Å². The van der Waals surface area contributed by atoms with Crippen LogP contribution in [0.25, 0.3) is 22.0 Å². The van der Waals surface area contributed by atoms with E-state index in [-0.39, 0.29) is 18.3 Å². The molecule has 3 aromatic carbocycles. The van der Waals surface area contributed by atoms with Gasteiger partial charge in [-0.1, -0.05) is 42.5 Å². The van der Waals surface area contributed by atoms with Crippen LogP contribution in [-0.2, 0) is 11.3 Å². The molecule has 32 heavy (non-hydrogen) atoms. The average molecular weight is 445 g/mol. The highest BCUT2D eigenvalue weighted by Crippen LogP contribution is 2.31. The molecule has 1 amide bonds. The maximum Gasteiger partial charge on any atom is 0.224 e. The quantitative estimate of drug-likeness (QED) is 0.405. The molecular formula is C26H25ClN4O.